The minimum Gasteiger partial charge on any atom is -0.481 e. The lowest BCUT2D eigenvalue weighted by atomic mass is 10.1. The van der Waals surface area contributed by atoms with Crippen LogP contribution in [0.3, 0.4) is 0 Å². The van der Waals surface area contributed by atoms with E-state index in [0.717, 1.165) is 12.1 Å². The zero-order valence-electron chi connectivity index (χ0n) is 8.51. The Hall–Kier alpha value is -1.98. The van der Waals surface area contributed by atoms with E-state index in [1.54, 1.807) is 0 Å². The van der Waals surface area contributed by atoms with Gasteiger partial charge in [0.1, 0.15) is 0 Å². The van der Waals surface area contributed by atoms with Gasteiger partial charge in [0.15, 0.2) is 0 Å². The van der Waals surface area contributed by atoms with Crippen LogP contribution in [-0.4, -0.2) is 16.1 Å². The van der Waals surface area contributed by atoms with Gasteiger partial charge in [-0.3, -0.25) is 4.79 Å². The van der Waals surface area contributed by atoms with Crippen LogP contribution in [0, 0.1) is 0 Å². The predicted octanol–water partition coefficient (Wildman–Crippen LogP) is 2.81. The Kier molecular flexibility index (Phi) is 2.57. The molecule has 0 aliphatic heterocycles. The number of carboxylic acids is 1. The molecule has 1 aromatic carbocycles. The zero-order valence-corrected chi connectivity index (χ0v) is 8.51. The number of nitrogens with one attached hydrogen (secondary N) is 1. The molecular formula is C11H8F3NO2. The Morgan fingerprint density at radius 2 is 2.06 bits per heavy atom. The van der Waals surface area contributed by atoms with Crippen LogP contribution >= 0.6 is 0 Å². The summed E-state index contributed by atoms with van der Waals surface area (Å²) in [6, 6.07) is 3.22. The monoisotopic (exact) mass is 243 g/mol. The van der Waals surface area contributed by atoms with Gasteiger partial charge in [-0.2, -0.15) is 13.2 Å². The average Bonchev–Trinajstić information content (AvgIpc) is 2.59. The summed E-state index contributed by atoms with van der Waals surface area (Å²) in [5.74, 6) is -1.08. The average molecular weight is 243 g/mol. The molecule has 0 bridgehead atoms. The Labute approximate surface area is 93.9 Å². The minimum atomic E-state index is -4.42. The number of aromatic amines is 1. The van der Waals surface area contributed by atoms with Crippen molar-refractivity contribution in [2.45, 2.75) is 12.6 Å². The molecule has 1 heterocycles. The molecule has 0 amide bonds. The Bertz CT molecular complexity index is 572. The van der Waals surface area contributed by atoms with E-state index in [9.17, 15) is 18.0 Å². The second kappa shape index (κ2) is 3.80. The fraction of sp³-hybridized carbons (Fsp3) is 0.182. The van der Waals surface area contributed by atoms with Crippen molar-refractivity contribution in [3.05, 3.63) is 35.5 Å². The molecule has 0 fully saturated rings. The Morgan fingerprint density at radius 1 is 1.35 bits per heavy atom. The van der Waals surface area contributed by atoms with Crippen LogP contribution in [0.4, 0.5) is 13.2 Å². The van der Waals surface area contributed by atoms with Crippen molar-refractivity contribution in [1.29, 1.82) is 0 Å². The minimum absolute atomic E-state index is 0.294. The molecule has 0 spiro atoms. The SMILES string of the molecule is O=C(O)Cc1c[nH]c2ccc(C(F)(F)F)cc12. The number of rotatable bonds is 2. The quantitative estimate of drug-likeness (QED) is 0.852. The lowest BCUT2D eigenvalue weighted by Gasteiger charge is -2.06. The highest BCUT2D eigenvalue weighted by Crippen LogP contribution is 2.32. The molecule has 0 aliphatic carbocycles. The number of fused-ring (bicyclic) bond motifs is 1. The number of benzene rings is 1. The lowest BCUT2D eigenvalue weighted by molar-refractivity contribution is -0.137. The molecule has 0 saturated heterocycles. The van der Waals surface area contributed by atoms with Gasteiger partial charge in [-0.1, -0.05) is 0 Å². The summed E-state index contributed by atoms with van der Waals surface area (Å²) in [4.78, 5) is 13.3. The molecule has 1 aromatic heterocycles. The summed E-state index contributed by atoms with van der Waals surface area (Å²) >= 11 is 0. The predicted molar refractivity (Wildman–Crippen MR) is 54.6 cm³/mol. The molecule has 2 N–H and O–H groups in total. The van der Waals surface area contributed by atoms with E-state index >= 15 is 0 Å². The molecular weight excluding hydrogens is 235 g/mol. The second-order valence-electron chi connectivity index (χ2n) is 3.64. The summed E-state index contributed by atoms with van der Waals surface area (Å²) < 4.78 is 37.5. The van der Waals surface area contributed by atoms with Gasteiger partial charge in [0, 0.05) is 17.1 Å². The van der Waals surface area contributed by atoms with Crippen LogP contribution < -0.4 is 0 Å². The van der Waals surface area contributed by atoms with Crippen LogP contribution in [0.5, 0.6) is 0 Å². The molecule has 90 valence electrons. The highest BCUT2D eigenvalue weighted by Gasteiger charge is 2.30. The molecule has 3 nitrogen and oxygen atoms in total. The summed E-state index contributed by atoms with van der Waals surface area (Å²) in [5.41, 5.74) is 0.0593. The van der Waals surface area contributed by atoms with Crippen LogP contribution in [0.25, 0.3) is 10.9 Å². The number of alkyl halides is 3. The maximum absolute atomic E-state index is 12.5. The van der Waals surface area contributed by atoms with E-state index in [1.165, 1.54) is 12.3 Å². The van der Waals surface area contributed by atoms with Crippen molar-refractivity contribution in [1.82, 2.24) is 4.98 Å². The zero-order chi connectivity index (χ0) is 12.6. The van der Waals surface area contributed by atoms with Crippen LogP contribution in [-0.2, 0) is 17.4 Å². The first-order valence-corrected chi connectivity index (χ1v) is 4.77. The number of aromatic nitrogens is 1. The van der Waals surface area contributed by atoms with E-state index in [0.29, 0.717) is 16.5 Å². The Balaban J connectivity index is 2.54. The van der Waals surface area contributed by atoms with Gasteiger partial charge in [-0.05, 0) is 23.8 Å². The second-order valence-corrected chi connectivity index (χ2v) is 3.64. The van der Waals surface area contributed by atoms with E-state index in [2.05, 4.69) is 4.98 Å². The normalized spacial score (nSPS) is 11.9. The molecule has 6 heteroatoms. The smallest absolute Gasteiger partial charge is 0.416 e. The maximum Gasteiger partial charge on any atom is 0.416 e. The van der Waals surface area contributed by atoms with E-state index < -0.39 is 17.7 Å². The van der Waals surface area contributed by atoms with E-state index in [1.807, 2.05) is 0 Å². The molecule has 0 saturated carbocycles. The molecule has 2 rings (SSSR count). The van der Waals surface area contributed by atoms with Crippen molar-refractivity contribution in [2.75, 3.05) is 0 Å². The standard InChI is InChI=1S/C11H8F3NO2/c12-11(13,14)7-1-2-9-8(4-7)6(5-15-9)3-10(16)17/h1-2,4-5,15H,3H2,(H,16,17). The number of aliphatic carboxylic acids is 1. The number of hydrogen-bond donors (Lipinski definition) is 2. The first-order chi connectivity index (χ1) is 7.88. The lowest BCUT2D eigenvalue weighted by Crippen LogP contribution is -2.04. The third-order valence-corrected chi connectivity index (χ3v) is 2.44. The summed E-state index contributed by atoms with van der Waals surface area (Å²) in [7, 11) is 0. The highest BCUT2D eigenvalue weighted by molar-refractivity contribution is 5.87. The van der Waals surface area contributed by atoms with Gasteiger partial charge < -0.3 is 10.1 Å². The third kappa shape index (κ3) is 2.25. The molecule has 0 aliphatic rings. The summed E-state index contributed by atoms with van der Waals surface area (Å²) in [6.45, 7) is 0. The number of halogens is 3. The summed E-state index contributed by atoms with van der Waals surface area (Å²) in [5, 5.41) is 8.93. The van der Waals surface area contributed by atoms with Crippen molar-refractivity contribution < 1.29 is 23.1 Å². The fourth-order valence-corrected chi connectivity index (χ4v) is 1.66. The van der Waals surface area contributed by atoms with E-state index in [-0.39, 0.29) is 6.42 Å². The fourth-order valence-electron chi connectivity index (χ4n) is 1.66. The molecule has 17 heavy (non-hydrogen) atoms. The van der Waals surface area contributed by atoms with Gasteiger partial charge >= 0.3 is 12.1 Å². The van der Waals surface area contributed by atoms with Crippen molar-refractivity contribution >= 4 is 16.9 Å². The van der Waals surface area contributed by atoms with Crippen LogP contribution in [0.2, 0.25) is 0 Å². The van der Waals surface area contributed by atoms with Gasteiger partial charge in [-0.25, -0.2) is 0 Å². The first kappa shape index (κ1) is 11.5. The Morgan fingerprint density at radius 3 is 2.65 bits per heavy atom. The maximum atomic E-state index is 12.5. The van der Waals surface area contributed by atoms with E-state index in [4.69, 9.17) is 5.11 Å². The first-order valence-electron chi connectivity index (χ1n) is 4.77. The van der Waals surface area contributed by atoms with Crippen molar-refractivity contribution in [2.24, 2.45) is 0 Å². The van der Waals surface area contributed by atoms with Gasteiger partial charge in [-0.15, -0.1) is 0 Å². The van der Waals surface area contributed by atoms with Crippen LogP contribution in [0.1, 0.15) is 11.1 Å². The van der Waals surface area contributed by atoms with Crippen molar-refractivity contribution in [3.8, 4) is 0 Å². The van der Waals surface area contributed by atoms with Gasteiger partial charge in [0.05, 0.1) is 12.0 Å². The highest BCUT2D eigenvalue weighted by atomic mass is 19.4. The topological polar surface area (TPSA) is 53.1 Å². The molecule has 2 aromatic rings. The number of hydrogen-bond acceptors (Lipinski definition) is 1. The summed E-state index contributed by atoms with van der Waals surface area (Å²) in [6.07, 6.45) is -3.31. The van der Waals surface area contributed by atoms with Gasteiger partial charge in [0.25, 0.3) is 0 Å². The molecule has 0 atom stereocenters. The largest absolute Gasteiger partial charge is 0.481 e. The number of carbonyl (C=O) groups is 1. The van der Waals surface area contributed by atoms with Gasteiger partial charge in [0.2, 0.25) is 0 Å². The van der Waals surface area contributed by atoms with Crippen molar-refractivity contribution in [3.63, 3.8) is 0 Å². The third-order valence-electron chi connectivity index (χ3n) is 2.44. The molecule has 0 radical (unpaired) electrons. The molecule has 0 unspecified atom stereocenters. The number of carboxylic acid groups (broad SMARTS) is 1. The van der Waals surface area contributed by atoms with Crippen LogP contribution in [0.15, 0.2) is 24.4 Å². The number of H-pyrrole nitrogens is 1.